The first-order chi connectivity index (χ1) is 17.3. The minimum absolute atomic E-state index is 0.0109. The molecule has 192 valence electrons. The van der Waals surface area contributed by atoms with Gasteiger partial charge in [0, 0.05) is 32.4 Å². The molecule has 0 spiro atoms. The molecule has 3 aromatic rings. The standard InChI is InChI=1S/C26H33N5O5/c1-4-35-26(34)18-9-13-29(14-10-18)24(32)19-16-20-23(28-21-8-5-6-11-30(21)25(20)33)31(22(19)27)12-7-15-36-17(2)3/h5-6,8,11,16-18,27H,4,7,9-10,12-15H2,1-3H3. The van der Waals surface area contributed by atoms with Gasteiger partial charge >= 0.3 is 5.97 Å². The van der Waals surface area contributed by atoms with Gasteiger partial charge in [-0.2, -0.15) is 0 Å². The lowest BCUT2D eigenvalue weighted by Crippen LogP contribution is -2.43. The Hall–Kier alpha value is -3.53. The maximum Gasteiger partial charge on any atom is 0.309 e. The molecule has 4 heterocycles. The van der Waals surface area contributed by atoms with Gasteiger partial charge in [-0.15, -0.1) is 0 Å². The number of aryl methyl sites for hydroxylation is 1. The van der Waals surface area contributed by atoms with Gasteiger partial charge < -0.3 is 18.9 Å². The van der Waals surface area contributed by atoms with Gasteiger partial charge in [-0.25, -0.2) is 4.98 Å². The van der Waals surface area contributed by atoms with Crippen LogP contribution in [0.4, 0.5) is 0 Å². The number of fused-ring (bicyclic) bond motifs is 2. The first kappa shape index (κ1) is 25.6. The van der Waals surface area contributed by atoms with E-state index in [2.05, 4.69) is 4.98 Å². The van der Waals surface area contributed by atoms with Crippen LogP contribution in [-0.2, 0) is 20.8 Å². The van der Waals surface area contributed by atoms with Crippen LogP contribution >= 0.6 is 0 Å². The zero-order chi connectivity index (χ0) is 25.8. The van der Waals surface area contributed by atoms with Crippen LogP contribution in [0.1, 0.15) is 50.4 Å². The van der Waals surface area contributed by atoms with Crippen LogP contribution in [0, 0.1) is 11.3 Å². The Bertz CT molecular complexity index is 1390. The highest BCUT2D eigenvalue weighted by atomic mass is 16.5. The minimum atomic E-state index is -0.325. The molecule has 0 bridgehead atoms. The average molecular weight is 496 g/mol. The van der Waals surface area contributed by atoms with Crippen LogP contribution in [0.25, 0.3) is 16.7 Å². The van der Waals surface area contributed by atoms with Crippen LogP contribution in [0.3, 0.4) is 0 Å². The summed E-state index contributed by atoms with van der Waals surface area (Å²) in [5.74, 6) is -0.787. The predicted molar refractivity (Wildman–Crippen MR) is 134 cm³/mol. The minimum Gasteiger partial charge on any atom is -0.466 e. The van der Waals surface area contributed by atoms with Crippen molar-refractivity contribution in [1.29, 1.82) is 5.41 Å². The van der Waals surface area contributed by atoms with E-state index in [0.717, 1.165) is 0 Å². The molecule has 0 atom stereocenters. The molecule has 0 aromatic carbocycles. The number of rotatable bonds is 8. The summed E-state index contributed by atoms with van der Waals surface area (Å²) in [7, 11) is 0. The first-order valence-corrected chi connectivity index (χ1v) is 12.5. The highest BCUT2D eigenvalue weighted by Gasteiger charge is 2.30. The van der Waals surface area contributed by atoms with Crippen LogP contribution in [-0.4, -0.2) is 63.1 Å². The highest BCUT2D eigenvalue weighted by molar-refractivity contribution is 5.97. The number of carbonyl (C=O) groups is 2. The molecule has 4 rings (SSSR count). The number of esters is 1. The molecule has 0 radical (unpaired) electrons. The second kappa shape index (κ2) is 11.0. The zero-order valence-electron chi connectivity index (χ0n) is 21.0. The average Bonchev–Trinajstić information content (AvgIpc) is 2.87. The summed E-state index contributed by atoms with van der Waals surface area (Å²) >= 11 is 0. The Morgan fingerprint density at radius 2 is 1.97 bits per heavy atom. The van der Waals surface area contributed by atoms with Crippen molar-refractivity contribution in [2.45, 2.75) is 52.7 Å². The van der Waals surface area contributed by atoms with E-state index in [1.165, 1.54) is 10.5 Å². The fourth-order valence-electron chi connectivity index (χ4n) is 4.56. The van der Waals surface area contributed by atoms with Gasteiger partial charge in [0.2, 0.25) is 0 Å². The predicted octanol–water partition coefficient (Wildman–Crippen LogP) is 2.36. The van der Waals surface area contributed by atoms with Crippen molar-refractivity contribution in [1.82, 2.24) is 18.9 Å². The molecule has 1 aliphatic rings. The molecule has 0 aliphatic carbocycles. The fourth-order valence-corrected chi connectivity index (χ4v) is 4.56. The molecular weight excluding hydrogens is 462 g/mol. The Balaban J connectivity index is 1.71. The van der Waals surface area contributed by atoms with Crippen molar-refractivity contribution in [2.75, 3.05) is 26.3 Å². The smallest absolute Gasteiger partial charge is 0.309 e. The van der Waals surface area contributed by atoms with Gasteiger partial charge in [0.05, 0.1) is 29.6 Å². The third-order valence-corrected chi connectivity index (χ3v) is 6.43. The molecule has 1 saturated heterocycles. The fraction of sp³-hybridized carbons (Fsp3) is 0.500. The van der Waals surface area contributed by atoms with E-state index in [9.17, 15) is 14.4 Å². The zero-order valence-corrected chi connectivity index (χ0v) is 21.0. The molecule has 1 amide bonds. The van der Waals surface area contributed by atoms with Crippen molar-refractivity contribution in [2.24, 2.45) is 5.92 Å². The third-order valence-electron chi connectivity index (χ3n) is 6.43. The van der Waals surface area contributed by atoms with Crippen LogP contribution < -0.4 is 11.0 Å². The second-order valence-electron chi connectivity index (χ2n) is 9.23. The van der Waals surface area contributed by atoms with Crippen LogP contribution in [0.15, 0.2) is 35.3 Å². The Labute approximate surface area is 209 Å². The summed E-state index contributed by atoms with van der Waals surface area (Å²) in [5.41, 5.74) is 0.714. The van der Waals surface area contributed by atoms with Gasteiger partial charge in [0.15, 0.2) is 0 Å². The van der Waals surface area contributed by atoms with Gasteiger partial charge in [-0.3, -0.25) is 24.2 Å². The van der Waals surface area contributed by atoms with E-state index in [1.807, 2.05) is 13.8 Å². The lowest BCUT2D eigenvalue weighted by atomic mass is 9.96. The number of nitrogens with zero attached hydrogens (tertiary/aromatic N) is 4. The number of piperidine rings is 1. The molecule has 10 nitrogen and oxygen atoms in total. The van der Waals surface area contributed by atoms with Crippen molar-refractivity contribution in [3.63, 3.8) is 0 Å². The largest absolute Gasteiger partial charge is 0.466 e. The number of aromatic nitrogens is 3. The molecule has 10 heteroatoms. The number of hydrogen-bond donors (Lipinski definition) is 1. The van der Waals surface area contributed by atoms with E-state index in [-0.39, 0.29) is 45.9 Å². The van der Waals surface area contributed by atoms with E-state index in [0.29, 0.717) is 63.4 Å². The Morgan fingerprint density at radius 3 is 2.67 bits per heavy atom. The number of nitrogens with one attached hydrogen (secondary N) is 1. The molecule has 3 aromatic heterocycles. The number of hydrogen-bond acceptors (Lipinski definition) is 7. The number of likely N-dealkylation sites (tertiary alicyclic amines) is 1. The van der Waals surface area contributed by atoms with Gasteiger partial charge in [-0.05, 0) is 58.2 Å². The number of amides is 1. The molecule has 1 aliphatic heterocycles. The summed E-state index contributed by atoms with van der Waals surface area (Å²) in [6.45, 7) is 7.65. The summed E-state index contributed by atoms with van der Waals surface area (Å²) in [6, 6.07) is 6.78. The van der Waals surface area contributed by atoms with Gasteiger partial charge in [0.1, 0.15) is 16.8 Å². The summed E-state index contributed by atoms with van der Waals surface area (Å²) < 4.78 is 13.9. The lowest BCUT2D eigenvalue weighted by Gasteiger charge is -2.31. The maximum absolute atomic E-state index is 13.5. The SMILES string of the molecule is CCOC(=O)C1CCN(C(=O)c2cc3c(=O)n4ccccc4nc3n(CCCOC(C)C)c2=N)CC1. The normalized spacial score (nSPS) is 14.6. The monoisotopic (exact) mass is 495 g/mol. The topological polar surface area (TPSA) is 119 Å². The quantitative estimate of drug-likeness (QED) is 0.291. The molecular formula is C26H33N5O5. The van der Waals surface area contributed by atoms with Crippen molar-refractivity contribution >= 4 is 28.6 Å². The summed E-state index contributed by atoms with van der Waals surface area (Å²) in [6.07, 6.45) is 3.34. The Morgan fingerprint density at radius 1 is 1.22 bits per heavy atom. The van der Waals surface area contributed by atoms with Crippen molar-refractivity contribution in [3.05, 3.63) is 51.9 Å². The highest BCUT2D eigenvalue weighted by Crippen LogP contribution is 2.21. The molecule has 0 saturated carbocycles. The molecule has 1 fully saturated rings. The van der Waals surface area contributed by atoms with Crippen LogP contribution in [0.5, 0.6) is 0 Å². The van der Waals surface area contributed by atoms with E-state index >= 15 is 0 Å². The molecule has 0 unspecified atom stereocenters. The third kappa shape index (κ3) is 5.18. The van der Waals surface area contributed by atoms with E-state index < -0.39 is 0 Å². The number of carbonyl (C=O) groups excluding carboxylic acids is 2. The Kier molecular flexibility index (Phi) is 7.83. The van der Waals surface area contributed by atoms with Crippen molar-refractivity contribution in [3.8, 4) is 0 Å². The number of pyridine rings is 2. The maximum atomic E-state index is 13.5. The van der Waals surface area contributed by atoms with E-state index in [4.69, 9.17) is 14.9 Å². The van der Waals surface area contributed by atoms with Gasteiger partial charge in [0.25, 0.3) is 11.5 Å². The second-order valence-corrected chi connectivity index (χ2v) is 9.23. The van der Waals surface area contributed by atoms with Crippen molar-refractivity contribution < 1.29 is 19.1 Å². The first-order valence-electron chi connectivity index (χ1n) is 12.5. The lowest BCUT2D eigenvalue weighted by molar-refractivity contribution is -0.149. The summed E-state index contributed by atoms with van der Waals surface area (Å²) in [5, 5.41) is 9.17. The number of ether oxygens (including phenoxy) is 2. The van der Waals surface area contributed by atoms with Gasteiger partial charge in [-0.1, -0.05) is 6.07 Å². The molecule has 36 heavy (non-hydrogen) atoms. The summed E-state index contributed by atoms with van der Waals surface area (Å²) in [4.78, 5) is 45.3. The van der Waals surface area contributed by atoms with E-state index in [1.54, 1.807) is 40.8 Å². The van der Waals surface area contributed by atoms with Crippen LogP contribution in [0.2, 0.25) is 0 Å². The molecule has 1 N–H and O–H groups in total.